The molecule has 0 aromatic heterocycles. The average Bonchev–Trinajstić information content (AvgIpc) is 3.53. The van der Waals surface area contributed by atoms with Crippen molar-refractivity contribution in [2.45, 2.75) is 109 Å². The van der Waals surface area contributed by atoms with E-state index in [1.165, 1.54) is 10.5 Å². The second-order valence-electron chi connectivity index (χ2n) is 13.0. The van der Waals surface area contributed by atoms with Gasteiger partial charge in [0.05, 0.1) is 6.54 Å². The molecular weight excluding hydrogens is 536 g/mol. The number of fused-ring (bicyclic) bond motifs is 3. The van der Waals surface area contributed by atoms with Gasteiger partial charge in [-0.15, -0.1) is 0 Å². The molecule has 228 valence electrons. The molecule has 0 radical (unpaired) electrons. The summed E-state index contributed by atoms with van der Waals surface area (Å²) in [6.07, 6.45) is 8.45. The highest BCUT2D eigenvalue weighted by Crippen LogP contribution is 2.33. The monoisotopic (exact) mass is 580 g/mol. The van der Waals surface area contributed by atoms with Crippen LogP contribution in [-0.4, -0.2) is 76.7 Å². The summed E-state index contributed by atoms with van der Waals surface area (Å²) in [4.78, 5) is 56.6. The lowest BCUT2D eigenvalue weighted by molar-refractivity contribution is -0.140. The number of alkyl carbamates (subject to hydrolysis) is 1. The predicted molar refractivity (Wildman–Crippen MR) is 156 cm³/mol. The van der Waals surface area contributed by atoms with Crippen molar-refractivity contribution in [2.75, 3.05) is 13.1 Å². The molecule has 1 aromatic rings. The molecule has 10 nitrogen and oxygen atoms in total. The standard InChI is InChI=1S/C32H44N4O6/c1-32(2,3)42-30(39)34-25-14-8-6-4-5-7-12-22-17-26(22)33-28(37)27-18-24(20-36(27)29(25)38)41-31(40)35-16-15-21-11-9-10-13-23(21)19-35/h7,9-13,22,24-27H,4-6,8,14-20H2,1-3H3,(H,33,37)(H,34,39)/b12-7-/t22-,24-,25+,26-,27+/m1/s1. The predicted octanol–water partition coefficient (Wildman–Crippen LogP) is 4.07. The Morgan fingerprint density at radius 2 is 1.83 bits per heavy atom. The molecule has 0 unspecified atom stereocenters. The summed E-state index contributed by atoms with van der Waals surface area (Å²) in [6, 6.07) is 6.45. The van der Waals surface area contributed by atoms with Crippen molar-refractivity contribution in [3.8, 4) is 0 Å². The Hall–Kier alpha value is -3.56. The number of allylic oxidation sites excluding steroid dienone is 1. The molecule has 10 heteroatoms. The number of carbonyl (C=O) groups excluding carboxylic acids is 4. The SMILES string of the molecule is CC(C)(C)OC(=O)N[C@H]1CCCCC/C=C\[C@@H]2C[C@H]2NC(=O)[C@@H]2C[C@@H](OC(=O)N3CCc4ccccc4C3)CN2C1=O. The average molecular weight is 581 g/mol. The number of carbonyl (C=O) groups is 4. The first-order valence-electron chi connectivity index (χ1n) is 15.4. The van der Waals surface area contributed by atoms with Crippen LogP contribution < -0.4 is 10.6 Å². The lowest BCUT2D eigenvalue weighted by atomic mass is 10.0. The third kappa shape index (κ3) is 7.63. The molecule has 4 aliphatic rings. The normalized spacial score (nSPS) is 29.1. The topological polar surface area (TPSA) is 117 Å². The van der Waals surface area contributed by atoms with Crippen LogP contribution in [0, 0.1) is 5.92 Å². The number of hydrogen-bond donors (Lipinski definition) is 2. The first kappa shape index (κ1) is 29.9. The molecule has 5 atom stereocenters. The van der Waals surface area contributed by atoms with Crippen LogP contribution in [0.5, 0.6) is 0 Å². The van der Waals surface area contributed by atoms with Gasteiger partial charge in [0.25, 0.3) is 0 Å². The zero-order chi connectivity index (χ0) is 29.9. The maximum Gasteiger partial charge on any atom is 0.410 e. The van der Waals surface area contributed by atoms with E-state index in [9.17, 15) is 19.2 Å². The summed E-state index contributed by atoms with van der Waals surface area (Å²) >= 11 is 0. The Morgan fingerprint density at radius 1 is 1.05 bits per heavy atom. The number of rotatable bonds is 2. The highest BCUT2D eigenvalue weighted by atomic mass is 16.6. The van der Waals surface area contributed by atoms with Gasteiger partial charge < -0.3 is 29.9 Å². The highest BCUT2D eigenvalue weighted by molar-refractivity contribution is 5.92. The fourth-order valence-electron chi connectivity index (χ4n) is 6.08. The summed E-state index contributed by atoms with van der Waals surface area (Å²) in [5, 5.41) is 5.87. The Morgan fingerprint density at radius 3 is 2.62 bits per heavy atom. The fourth-order valence-corrected chi connectivity index (χ4v) is 6.08. The number of ether oxygens (including phenoxy) is 2. The minimum absolute atomic E-state index is 0.0431. The van der Waals surface area contributed by atoms with E-state index in [0.29, 0.717) is 25.4 Å². The van der Waals surface area contributed by atoms with Gasteiger partial charge in [0, 0.05) is 25.6 Å². The van der Waals surface area contributed by atoms with Crippen LogP contribution in [0.2, 0.25) is 0 Å². The molecule has 3 heterocycles. The smallest absolute Gasteiger partial charge is 0.410 e. The number of hydrogen-bond acceptors (Lipinski definition) is 6. The number of nitrogens with one attached hydrogen (secondary N) is 2. The van der Waals surface area contributed by atoms with E-state index in [4.69, 9.17) is 9.47 Å². The maximum atomic E-state index is 14.0. The molecule has 4 amide bonds. The van der Waals surface area contributed by atoms with E-state index in [1.807, 2.05) is 18.2 Å². The molecule has 3 aliphatic heterocycles. The summed E-state index contributed by atoms with van der Waals surface area (Å²) in [6.45, 7) is 6.41. The van der Waals surface area contributed by atoms with E-state index >= 15 is 0 Å². The van der Waals surface area contributed by atoms with E-state index in [0.717, 1.165) is 44.1 Å². The van der Waals surface area contributed by atoms with Gasteiger partial charge in [-0.3, -0.25) is 9.59 Å². The highest BCUT2D eigenvalue weighted by Gasteiger charge is 2.46. The first-order chi connectivity index (χ1) is 20.1. The molecule has 1 saturated carbocycles. The lowest BCUT2D eigenvalue weighted by Gasteiger charge is -2.30. The van der Waals surface area contributed by atoms with Crippen LogP contribution in [0.25, 0.3) is 0 Å². The molecule has 2 fully saturated rings. The number of amides is 4. The van der Waals surface area contributed by atoms with Crippen LogP contribution in [-0.2, 0) is 32.0 Å². The largest absolute Gasteiger partial charge is 0.444 e. The molecule has 0 spiro atoms. The minimum atomic E-state index is -0.849. The van der Waals surface area contributed by atoms with Crippen molar-refractivity contribution >= 4 is 24.0 Å². The summed E-state index contributed by atoms with van der Waals surface area (Å²) < 4.78 is 11.4. The Balaban J connectivity index is 1.31. The number of benzene rings is 1. The van der Waals surface area contributed by atoms with E-state index in [2.05, 4.69) is 28.9 Å². The van der Waals surface area contributed by atoms with Gasteiger partial charge in [-0.1, -0.05) is 49.3 Å². The van der Waals surface area contributed by atoms with Crippen molar-refractivity contribution in [3.05, 3.63) is 47.5 Å². The Labute approximate surface area is 248 Å². The second-order valence-corrected chi connectivity index (χ2v) is 13.0. The van der Waals surface area contributed by atoms with E-state index in [-0.39, 0.29) is 30.8 Å². The van der Waals surface area contributed by atoms with Crippen LogP contribution in [0.15, 0.2) is 36.4 Å². The van der Waals surface area contributed by atoms with Gasteiger partial charge in [-0.05, 0) is 69.9 Å². The quantitative estimate of drug-likeness (QED) is 0.510. The molecular formula is C32H44N4O6. The van der Waals surface area contributed by atoms with Crippen LogP contribution in [0.1, 0.15) is 76.8 Å². The third-order valence-electron chi connectivity index (χ3n) is 8.41. The molecule has 0 bridgehead atoms. The van der Waals surface area contributed by atoms with E-state index < -0.39 is 36.0 Å². The zero-order valence-corrected chi connectivity index (χ0v) is 25.0. The van der Waals surface area contributed by atoms with Gasteiger partial charge in [0.2, 0.25) is 11.8 Å². The summed E-state index contributed by atoms with van der Waals surface area (Å²) in [5.74, 6) is -0.297. The van der Waals surface area contributed by atoms with Crippen molar-refractivity contribution in [1.82, 2.24) is 20.4 Å². The number of nitrogens with zero attached hydrogens (tertiary/aromatic N) is 2. The minimum Gasteiger partial charge on any atom is -0.444 e. The molecule has 2 N–H and O–H groups in total. The first-order valence-corrected chi connectivity index (χ1v) is 15.4. The van der Waals surface area contributed by atoms with Crippen LogP contribution >= 0.6 is 0 Å². The maximum absolute atomic E-state index is 14.0. The van der Waals surface area contributed by atoms with Gasteiger partial charge in [-0.25, -0.2) is 9.59 Å². The second kappa shape index (κ2) is 12.8. The van der Waals surface area contributed by atoms with E-state index in [1.54, 1.807) is 25.7 Å². The van der Waals surface area contributed by atoms with Gasteiger partial charge in [-0.2, -0.15) is 0 Å². The molecule has 1 aromatic carbocycles. The molecule has 42 heavy (non-hydrogen) atoms. The fraction of sp³-hybridized carbons (Fsp3) is 0.625. The van der Waals surface area contributed by atoms with Gasteiger partial charge in [0.1, 0.15) is 23.8 Å². The molecule has 5 rings (SSSR count). The summed E-state index contributed by atoms with van der Waals surface area (Å²) in [5.41, 5.74) is 1.61. The Bertz CT molecular complexity index is 1210. The lowest BCUT2D eigenvalue weighted by Crippen LogP contribution is -2.54. The molecule has 1 saturated heterocycles. The van der Waals surface area contributed by atoms with Gasteiger partial charge >= 0.3 is 12.2 Å². The van der Waals surface area contributed by atoms with Crippen molar-refractivity contribution in [3.63, 3.8) is 0 Å². The van der Waals surface area contributed by atoms with Crippen molar-refractivity contribution in [1.29, 1.82) is 0 Å². The Kier molecular flexibility index (Phi) is 9.08. The zero-order valence-electron chi connectivity index (χ0n) is 25.0. The van der Waals surface area contributed by atoms with Crippen LogP contribution in [0.4, 0.5) is 9.59 Å². The van der Waals surface area contributed by atoms with Gasteiger partial charge in [0.15, 0.2) is 0 Å². The summed E-state index contributed by atoms with van der Waals surface area (Å²) in [7, 11) is 0. The van der Waals surface area contributed by atoms with Crippen LogP contribution in [0.3, 0.4) is 0 Å². The third-order valence-corrected chi connectivity index (χ3v) is 8.41. The molecule has 1 aliphatic carbocycles. The van der Waals surface area contributed by atoms with Crippen molar-refractivity contribution in [2.24, 2.45) is 5.92 Å². The van der Waals surface area contributed by atoms with Crippen molar-refractivity contribution < 1.29 is 28.7 Å².